The number of hydrogen-bond donors (Lipinski definition) is 1. The highest BCUT2D eigenvalue weighted by Gasteiger charge is 2.21. The Kier molecular flexibility index (Phi) is 3.58. The van der Waals surface area contributed by atoms with Crippen molar-refractivity contribution in [2.24, 2.45) is 0 Å². The fourth-order valence-electron chi connectivity index (χ4n) is 1.21. The van der Waals surface area contributed by atoms with Crippen molar-refractivity contribution < 1.29 is 14.8 Å². The zero-order chi connectivity index (χ0) is 12.3. The monoisotopic (exact) mass is 284 g/mol. The second-order valence-corrected chi connectivity index (χ2v) is 3.71. The van der Waals surface area contributed by atoms with Gasteiger partial charge in [-0.15, -0.1) is 0 Å². The van der Waals surface area contributed by atoms with Gasteiger partial charge in [0.1, 0.15) is 11.6 Å². The first-order chi connectivity index (χ1) is 7.47. The van der Waals surface area contributed by atoms with Crippen LogP contribution >= 0.6 is 15.9 Å². The summed E-state index contributed by atoms with van der Waals surface area (Å²) in [5.74, 6) is -1.15. The van der Waals surface area contributed by atoms with Gasteiger partial charge in [0.15, 0.2) is 0 Å². The van der Waals surface area contributed by atoms with Crippen LogP contribution in [0.5, 0.6) is 0 Å². The van der Waals surface area contributed by atoms with Gasteiger partial charge in [0.2, 0.25) is 0 Å². The second kappa shape index (κ2) is 4.72. The number of nitriles is 1. The quantitative estimate of drug-likeness (QED) is 0.674. The van der Waals surface area contributed by atoms with Crippen molar-refractivity contribution in [1.29, 1.82) is 5.26 Å². The Bertz CT molecular complexity index is 507. The number of carboxylic acids is 1. The molecule has 1 aromatic carbocycles. The van der Waals surface area contributed by atoms with Crippen LogP contribution in [0, 0.1) is 21.4 Å². The first kappa shape index (κ1) is 12.1. The van der Waals surface area contributed by atoms with Gasteiger partial charge in [0, 0.05) is 16.1 Å². The minimum atomic E-state index is -1.15. The van der Waals surface area contributed by atoms with Gasteiger partial charge < -0.3 is 5.11 Å². The molecule has 0 unspecified atom stereocenters. The van der Waals surface area contributed by atoms with Crippen molar-refractivity contribution in [3.05, 3.63) is 37.8 Å². The van der Waals surface area contributed by atoms with Crippen molar-refractivity contribution >= 4 is 27.6 Å². The number of halogens is 1. The fourth-order valence-corrected chi connectivity index (χ4v) is 1.68. The predicted octanol–water partition coefficient (Wildman–Crippen LogP) is 1.86. The van der Waals surface area contributed by atoms with Crippen molar-refractivity contribution in [2.75, 3.05) is 0 Å². The molecule has 0 aliphatic carbocycles. The van der Waals surface area contributed by atoms with E-state index < -0.39 is 17.3 Å². The molecule has 0 aromatic heterocycles. The van der Waals surface area contributed by atoms with Gasteiger partial charge in [-0.2, -0.15) is 5.26 Å². The van der Waals surface area contributed by atoms with E-state index in [0.717, 1.165) is 6.07 Å². The SMILES string of the molecule is N#Cc1c([N+](=O)[O-])ccc(Br)c1CC(=O)O. The van der Waals surface area contributed by atoms with Crippen LogP contribution in [0.2, 0.25) is 0 Å². The molecule has 1 N–H and O–H groups in total. The number of nitro groups is 1. The summed E-state index contributed by atoms with van der Waals surface area (Å²) in [4.78, 5) is 20.5. The summed E-state index contributed by atoms with van der Waals surface area (Å²) in [5, 5.41) is 28.1. The molecule has 0 radical (unpaired) electrons. The first-order valence-corrected chi connectivity index (χ1v) is 4.84. The highest BCUT2D eigenvalue weighted by atomic mass is 79.9. The van der Waals surface area contributed by atoms with Gasteiger partial charge in [0.25, 0.3) is 5.69 Å². The third-order valence-corrected chi connectivity index (χ3v) is 2.61. The number of nitrogens with zero attached hydrogens (tertiary/aromatic N) is 2. The van der Waals surface area contributed by atoms with Crippen LogP contribution in [0.4, 0.5) is 5.69 Å². The van der Waals surface area contributed by atoms with Gasteiger partial charge >= 0.3 is 5.97 Å². The molecular formula is C9H5BrN2O4. The summed E-state index contributed by atoms with van der Waals surface area (Å²) in [6, 6.07) is 4.18. The summed E-state index contributed by atoms with van der Waals surface area (Å²) < 4.78 is 0.372. The van der Waals surface area contributed by atoms with E-state index >= 15 is 0 Å². The number of aliphatic carboxylic acids is 1. The van der Waals surface area contributed by atoms with Crippen LogP contribution in [0.25, 0.3) is 0 Å². The summed E-state index contributed by atoms with van der Waals surface area (Å²) >= 11 is 3.06. The lowest BCUT2D eigenvalue weighted by Gasteiger charge is -2.04. The molecule has 0 saturated carbocycles. The maximum Gasteiger partial charge on any atom is 0.307 e. The van der Waals surface area contributed by atoms with Gasteiger partial charge in [-0.1, -0.05) is 15.9 Å². The summed E-state index contributed by atoms with van der Waals surface area (Å²) in [6.07, 6.45) is -0.439. The van der Waals surface area contributed by atoms with Crippen molar-refractivity contribution in [2.45, 2.75) is 6.42 Å². The normalized spacial score (nSPS) is 9.50. The topological polar surface area (TPSA) is 104 Å². The van der Waals surface area contributed by atoms with E-state index in [2.05, 4.69) is 15.9 Å². The molecule has 0 saturated heterocycles. The van der Waals surface area contributed by atoms with Gasteiger partial charge in [-0.3, -0.25) is 14.9 Å². The van der Waals surface area contributed by atoms with E-state index in [4.69, 9.17) is 10.4 Å². The van der Waals surface area contributed by atoms with E-state index in [1.807, 2.05) is 0 Å². The Labute approximate surface area is 98.4 Å². The van der Waals surface area contributed by atoms with Crippen molar-refractivity contribution in [3.8, 4) is 6.07 Å². The molecule has 82 valence electrons. The van der Waals surface area contributed by atoms with Crippen molar-refractivity contribution in [1.82, 2.24) is 0 Å². The summed E-state index contributed by atoms with van der Waals surface area (Å²) in [5.41, 5.74) is -0.493. The molecule has 1 aromatic rings. The minimum absolute atomic E-state index is 0.115. The zero-order valence-electron chi connectivity index (χ0n) is 7.81. The van der Waals surface area contributed by atoms with Crippen LogP contribution in [0.1, 0.15) is 11.1 Å². The van der Waals surface area contributed by atoms with Gasteiger partial charge in [0.05, 0.1) is 11.3 Å². The predicted molar refractivity (Wildman–Crippen MR) is 56.9 cm³/mol. The Hall–Kier alpha value is -1.94. The largest absolute Gasteiger partial charge is 0.481 e. The molecule has 1 rings (SSSR count). The third-order valence-electron chi connectivity index (χ3n) is 1.87. The van der Waals surface area contributed by atoms with E-state index in [9.17, 15) is 14.9 Å². The summed E-state index contributed by atoms with van der Waals surface area (Å²) in [7, 11) is 0. The van der Waals surface area contributed by atoms with Crippen LogP contribution in [-0.4, -0.2) is 16.0 Å². The average molecular weight is 285 g/mol. The molecule has 0 spiro atoms. The van der Waals surface area contributed by atoms with E-state index in [1.54, 1.807) is 6.07 Å². The molecule has 6 nitrogen and oxygen atoms in total. The van der Waals surface area contributed by atoms with E-state index in [1.165, 1.54) is 6.07 Å². The number of carboxylic acid groups (broad SMARTS) is 1. The molecule has 0 aliphatic heterocycles. The van der Waals surface area contributed by atoms with Gasteiger partial charge in [-0.05, 0) is 6.07 Å². The van der Waals surface area contributed by atoms with Crippen LogP contribution in [0.3, 0.4) is 0 Å². The number of rotatable bonds is 3. The Morgan fingerprint density at radius 3 is 2.69 bits per heavy atom. The highest BCUT2D eigenvalue weighted by Crippen LogP contribution is 2.28. The third kappa shape index (κ3) is 2.35. The lowest BCUT2D eigenvalue weighted by atomic mass is 10.0. The number of carbonyl (C=O) groups is 1. The second-order valence-electron chi connectivity index (χ2n) is 2.86. The first-order valence-electron chi connectivity index (χ1n) is 4.05. The average Bonchev–Trinajstić information content (AvgIpc) is 2.19. The van der Waals surface area contributed by atoms with Crippen LogP contribution in [-0.2, 0) is 11.2 Å². The lowest BCUT2D eigenvalue weighted by Crippen LogP contribution is -2.05. The molecule has 0 fully saturated rings. The molecule has 0 bridgehead atoms. The molecule has 0 atom stereocenters. The zero-order valence-corrected chi connectivity index (χ0v) is 9.39. The number of nitro benzene ring substituents is 1. The highest BCUT2D eigenvalue weighted by molar-refractivity contribution is 9.10. The molecular weight excluding hydrogens is 280 g/mol. The number of hydrogen-bond acceptors (Lipinski definition) is 4. The fraction of sp³-hybridized carbons (Fsp3) is 0.111. The maximum absolute atomic E-state index is 10.6. The summed E-state index contributed by atoms with van der Waals surface area (Å²) in [6.45, 7) is 0. The number of benzene rings is 1. The van der Waals surface area contributed by atoms with Crippen LogP contribution < -0.4 is 0 Å². The molecule has 7 heteroatoms. The standard InChI is InChI=1S/C9H5BrN2O4/c10-7-1-2-8(12(15)16)6(4-11)5(7)3-9(13)14/h1-2H,3H2,(H,13,14). The molecule has 0 heterocycles. The minimum Gasteiger partial charge on any atom is -0.481 e. The van der Waals surface area contributed by atoms with E-state index in [0.29, 0.717) is 4.47 Å². The lowest BCUT2D eigenvalue weighted by molar-refractivity contribution is -0.385. The Morgan fingerprint density at radius 1 is 1.62 bits per heavy atom. The maximum atomic E-state index is 10.6. The smallest absolute Gasteiger partial charge is 0.307 e. The van der Waals surface area contributed by atoms with Crippen LogP contribution in [0.15, 0.2) is 16.6 Å². The van der Waals surface area contributed by atoms with E-state index in [-0.39, 0.29) is 16.8 Å². The van der Waals surface area contributed by atoms with Crippen molar-refractivity contribution in [3.63, 3.8) is 0 Å². The van der Waals surface area contributed by atoms with Gasteiger partial charge in [-0.25, -0.2) is 0 Å². The molecule has 0 amide bonds. The molecule has 0 aliphatic rings. The Balaban J connectivity index is 3.45. The Morgan fingerprint density at radius 2 is 2.25 bits per heavy atom. The molecule has 16 heavy (non-hydrogen) atoms.